The number of nitrogens with zero attached hydrogens (tertiary/aromatic N) is 2. The molecule has 1 saturated heterocycles. The van der Waals surface area contributed by atoms with Gasteiger partial charge in [0.15, 0.2) is 0 Å². The van der Waals surface area contributed by atoms with Crippen LogP contribution in [0.15, 0.2) is 34.4 Å². The van der Waals surface area contributed by atoms with Crippen LogP contribution in [-0.4, -0.2) is 63.6 Å². The molecule has 0 saturated carbocycles. The second-order valence-electron chi connectivity index (χ2n) is 8.60. The fourth-order valence-corrected chi connectivity index (χ4v) is 6.37. The van der Waals surface area contributed by atoms with Crippen LogP contribution in [0.5, 0.6) is 0 Å². The lowest BCUT2D eigenvalue weighted by atomic mass is 10.00. The van der Waals surface area contributed by atoms with Gasteiger partial charge >= 0.3 is 12.0 Å². The monoisotopic (exact) mass is 476 g/mol. The van der Waals surface area contributed by atoms with Crippen molar-refractivity contribution in [3.63, 3.8) is 0 Å². The largest absolute Gasteiger partial charge is 0.463 e. The van der Waals surface area contributed by atoms with E-state index in [9.17, 15) is 18.0 Å². The van der Waals surface area contributed by atoms with Gasteiger partial charge in [-0.1, -0.05) is 13.3 Å². The SMILES string of the molecule is CCOC(=O)C1=C(CN2CCc3cc(S(=O)(=O)N4CCCCC4)ccc32)NC(=O)NC1CC. The molecule has 0 spiro atoms. The van der Waals surface area contributed by atoms with Crippen LogP contribution in [0.2, 0.25) is 0 Å². The number of anilines is 1. The normalized spacial score (nSPS) is 21.5. The highest BCUT2D eigenvalue weighted by Gasteiger charge is 2.34. The zero-order chi connectivity index (χ0) is 23.6. The van der Waals surface area contributed by atoms with Crippen molar-refractivity contribution in [1.29, 1.82) is 0 Å². The van der Waals surface area contributed by atoms with E-state index < -0.39 is 22.0 Å². The number of ether oxygens (including phenoxy) is 1. The predicted octanol–water partition coefficient (Wildman–Crippen LogP) is 2.13. The molecular weight excluding hydrogens is 444 g/mol. The Bertz CT molecular complexity index is 1060. The highest BCUT2D eigenvalue weighted by Crippen LogP contribution is 2.33. The molecule has 0 bridgehead atoms. The summed E-state index contributed by atoms with van der Waals surface area (Å²) in [6.07, 6.45) is 4.13. The van der Waals surface area contributed by atoms with Gasteiger partial charge in [0.1, 0.15) is 0 Å². The molecule has 180 valence electrons. The van der Waals surface area contributed by atoms with Gasteiger partial charge in [-0.3, -0.25) is 0 Å². The number of fused-ring (bicyclic) bond motifs is 1. The van der Waals surface area contributed by atoms with Crippen LogP contribution in [0, 0.1) is 0 Å². The molecule has 0 aromatic heterocycles. The van der Waals surface area contributed by atoms with Crippen molar-refractivity contribution in [2.75, 3.05) is 37.7 Å². The fourth-order valence-electron chi connectivity index (χ4n) is 4.80. The number of urea groups is 1. The molecule has 0 radical (unpaired) electrons. The van der Waals surface area contributed by atoms with Crippen LogP contribution in [0.4, 0.5) is 10.5 Å². The summed E-state index contributed by atoms with van der Waals surface area (Å²) in [5.41, 5.74) is 2.85. The van der Waals surface area contributed by atoms with Gasteiger partial charge in [0.2, 0.25) is 10.0 Å². The average molecular weight is 477 g/mol. The summed E-state index contributed by atoms with van der Waals surface area (Å²) in [7, 11) is -3.49. The van der Waals surface area contributed by atoms with Gasteiger partial charge in [-0.15, -0.1) is 0 Å². The average Bonchev–Trinajstić information content (AvgIpc) is 3.21. The van der Waals surface area contributed by atoms with Crippen LogP contribution in [0.3, 0.4) is 0 Å². The van der Waals surface area contributed by atoms with Crippen molar-refractivity contribution in [2.45, 2.75) is 56.9 Å². The summed E-state index contributed by atoms with van der Waals surface area (Å²) in [5.74, 6) is -0.436. The number of amides is 2. The van der Waals surface area contributed by atoms with Gasteiger partial charge in [0.05, 0.1) is 35.4 Å². The summed E-state index contributed by atoms with van der Waals surface area (Å²) in [6.45, 7) is 6.06. The number of carbonyl (C=O) groups excluding carboxylic acids is 2. The summed E-state index contributed by atoms with van der Waals surface area (Å²) >= 11 is 0. The number of piperidine rings is 1. The molecule has 10 heteroatoms. The maximum atomic E-state index is 13.1. The Kier molecular flexibility index (Phi) is 6.94. The van der Waals surface area contributed by atoms with Gasteiger partial charge in [0, 0.05) is 25.3 Å². The molecule has 1 aromatic carbocycles. The molecule has 2 N–H and O–H groups in total. The molecule has 0 aliphatic carbocycles. The second-order valence-corrected chi connectivity index (χ2v) is 10.5. The minimum Gasteiger partial charge on any atom is -0.463 e. The van der Waals surface area contributed by atoms with Crippen molar-refractivity contribution < 1.29 is 22.7 Å². The third-order valence-corrected chi connectivity index (χ3v) is 8.39. The number of benzene rings is 1. The first-order chi connectivity index (χ1) is 15.8. The number of carbonyl (C=O) groups is 2. The van der Waals surface area contributed by atoms with E-state index in [2.05, 4.69) is 15.5 Å². The lowest BCUT2D eigenvalue weighted by Gasteiger charge is -2.31. The summed E-state index contributed by atoms with van der Waals surface area (Å²) in [6, 6.07) is 4.52. The Balaban J connectivity index is 1.60. The van der Waals surface area contributed by atoms with Crippen LogP contribution in [-0.2, 0) is 26.0 Å². The lowest BCUT2D eigenvalue weighted by Crippen LogP contribution is -2.52. The van der Waals surface area contributed by atoms with E-state index in [1.807, 2.05) is 13.0 Å². The minimum atomic E-state index is -3.49. The smallest absolute Gasteiger partial charge is 0.337 e. The molecule has 33 heavy (non-hydrogen) atoms. The highest BCUT2D eigenvalue weighted by molar-refractivity contribution is 7.89. The number of rotatable bonds is 7. The quantitative estimate of drug-likeness (QED) is 0.584. The number of esters is 1. The zero-order valence-electron chi connectivity index (χ0n) is 19.2. The zero-order valence-corrected chi connectivity index (χ0v) is 20.0. The van der Waals surface area contributed by atoms with Gasteiger partial charge in [-0.25, -0.2) is 18.0 Å². The molecule has 1 fully saturated rings. The third kappa shape index (κ3) is 4.72. The van der Waals surface area contributed by atoms with Crippen LogP contribution < -0.4 is 15.5 Å². The van der Waals surface area contributed by atoms with E-state index in [4.69, 9.17) is 4.74 Å². The van der Waals surface area contributed by atoms with Crippen LogP contribution in [0.1, 0.15) is 45.1 Å². The van der Waals surface area contributed by atoms with Crippen molar-refractivity contribution in [1.82, 2.24) is 14.9 Å². The summed E-state index contributed by atoms with van der Waals surface area (Å²) in [4.78, 5) is 27.2. The van der Waals surface area contributed by atoms with Gasteiger partial charge in [-0.05, 0) is 56.4 Å². The standard InChI is InChI=1S/C23H32N4O5S/c1-3-18-21(22(28)32-4-2)19(25-23(29)24-18)15-26-13-10-16-14-17(8-9-20(16)26)33(30,31)27-11-6-5-7-12-27/h8-9,14,18H,3-7,10-13,15H2,1-2H3,(H2,24,25,29). The first-order valence-corrected chi connectivity index (χ1v) is 13.1. The Labute approximate surface area is 195 Å². The molecule has 3 aliphatic rings. The molecule has 1 atom stereocenters. The first kappa shape index (κ1) is 23.6. The van der Waals surface area contributed by atoms with Crippen molar-refractivity contribution in [3.05, 3.63) is 35.0 Å². The molecule has 2 amide bonds. The van der Waals surface area contributed by atoms with Crippen LogP contribution >= 0.6 is 0 Å². The van der Waals surface area contributed by atoms with Gasteiger partial charge in [-0.2, -0.15) is 4.31 Å². The number of hydrogen-bond acceptors (Lipinski definition) is 6. The number of sulfonamides is 1. The third-order valence-electron chi connectivity index (χ3n) is 6.49. The minimum absolute atomic E-state index is 0.251. The Morgan fingerprint density at radius 2 is 1.91 bits per heavy atom. The van der Waals surface area contributed by atoms with E-state index in [-0.39, 0.29) is 12.6 Å². The summed E-state index contributed by atoms with van der Waals surface area (Å²) < 4.78 is 33.0. The molecule has 4 rings (SSSR count). The molecule has 9 nitrogen and oxygen atoms in total. The highest BCUT2D eigenvalue weighted by atomic mass is 32.2. The maximum Gasteiger partial charge on any atom is 0.337 e. The van der Waals surface area contributed by atoms with E-state index in [1.165, 1.54) is 0 Å². The van der Waals surface area contributed by atoms with Crippen molar-refractivity contribution >= 4 is 27.7 Å². The Hall–Kier alpha value is -2.59. The van der Waals surface area contributed by atoms with Crippen LogP contribution in [0.25, 0.3) is 0 Å². The topological polar surface area (TPSA) is 108 Å². The van der Waals surface area contributed by atoms with E-state index in [0.29, 0.717) is 55.2 Å². The molecule has 3 heterocycles. The van der Waals surface area contributed by atoms with E-state index in [0.717, 1.165) is 30.5 Å². The first-order valence-electron chi connectivity index (χ1n) is 11.7. The predicted molar refractivity (Wildman–Crippen MR) is 124 cm³/mol. The molecule has 1 aromatic rings. The molecule has 1 unspecified atom stereocenters. The fraction of sp³-hybridized carbons (Fsp3) is 0.565. The maximum absolute atomic E-state index is 13.1. The Morgan fingerprint density at radius 3 is 2.61 bits per heavy atom. The van der Waals surface area contributed by atoms with Crippen molar-refractivity contribution in [2.24, 2.45) is 0 Å². The molecule has 3 aliphatic heterocycles. The summed E-state index contributed by atoms with van der Waals surface area (Å²) in [5, 5.41) is 5.58. The van der Waals surface area contributed by atoms with Gasteiger partial charge < -0.3 is 20.3 Å². The lowest BCUT2D eigenvalue weighted by molar-refractivity contribution is -0.139. The number of hydrogen-bond donors (Lipinski definition) is 2. The Morgan fingerprint density at radius 1 is 1.15 bits per heavy atom. The van der Waals surface area contributed by atoms with E-state index in [1.54, 1.807) is 23.4 Å². The molecular formula is C23H32N4O5S. The second kappa shape index (κ2) is 9.72. The number of nitrogens with one attached hydrogen (secondary N) is 2. The van der Waals surface area contributed by atoms with Crippen molar-refractivity contribution in [3.8, 4) is 0 Å². The van der Waals surface area contributed by atoms with E-state index >= 15 is 0 Å². The van der Waals surface area contributed by atoms with Gasteiger partial charge in [0.25, 0.3) is 0 Å².